The number of thiophene rings is 1. The van der Waals surface area contributed by atoms with E-state index in [1.165, 1.54) is 17.0 Å². The van der Waals surface area contributed by atoms with E-state index in [2.05, 4.69) is 6.07 Å². The quantitative estimate of drug-likeness (QED) is 0.464. The first-order valence-electron chi connectivity index (χ1n) is 12.1. The van der Waals surface area contributed by atoms with Crippen LogP contribution < -0.4 is 4.74 Å². The first-order chi connectivity index (χ1) is 16.6. The van der Waals surface area contributed by atoms with Gasteiger partial charge in [0.1, 0.15) is 18.2 Å². The molecule has 2 aliphatic rings. The summed E-state index contributed by atoms with van der Waals surface area (Å²) >= 11 is 1.69. The van der Waals surface area contributed by atoms with Crippen LogP contribution in [0.25, 0.3) is 0 Å². The lowest BCUT2D eigenvalue weighted by molar-refractivity contribution is -0.144. The van der Waals surface area contributed by atoms with Crippen molar-refractivity contribution >= 4 is 23.2 Å². The smallest absolute Gasteiger partial charge is 0.242 e. The van der Waals surface area contributed by atoms with Crippen LogP contribution in [0, 0.1) is 11.7 Å². The minimum atomic E-state index is -0.317. The van der Waals surface area contributed by atoms with Crippen molar-refractivity contribution < 1.29 is 23.5 Å². The Kier molecular flexibility index (Phi) is 8.56. The summed E-state index contributed by atoms with van der Waals surface area (Å²) in [6, 6.07) is 7.73. The highest BCUT2D eigenvalue weighted by atomic mass is 32.1. The molecule has 2 aromatic rings. The number of hydrogen-bond acceptors (Lipinski definition) is 5. The fourth-order valence-corrected chi connectivity index (χ4v) is 5.86. The number of methoxy groups -OCH3 is 1. The average molecular weight is 489 g/mol. The normalized spacial score (nSPS) is 18.1. The van der Waals surface area contributed by atoms with Gasteiger partial charge in [-0.1, -0.05) is 12.8 Å². The van der Waals surface area contributed by atoms with Gasteiger partial charge in [-0.05, 0) is 67.0 Å². The third-order valence-corrected chi connectivity index (χ3v) is 7.75. The van der Waals surface area contributed by atoms with Crippen molar-refractivity contribution in [3.63, 3.8) is 0 Å². The highest BCUT2D eigenvalue weighted by Gasteiger charge is 2.35. The van der Waals surface area contributed by atoms with Crippen LogP contribution >= 0.6 is 11.3 Å². The van der Waals surface area contributed by atoms with Gasteiger partial charge in [-0.25, -0.2) is 4.39 Å². The maximum Gasteiger partial charge on any atom is 0.242 e. The second-order valence-corrected chi connectivity index (χ2v) is 10.0. The number of benzene rings is 1. The molecule has 0 radical (unpaired) electrons. The topological polar surface area (TPSA) is 59.1 Å². The Balaban J connectivity index is 1.47. The number of carbonyl (C=O) groups is 2. The lowest BCUT2D eigenvalue weighted by atomic mass is 10.00. The van der Waals surface area contributed by atoms with E-state index < -0.39 is 0 Å². The number of hydrogen-bond donors (Lipinski definition) is 0. The van der Waals surface area contributed by atoms with E-state index in [-0.39, 0.29) is 42.7 Å². The summed E-state index contributed by atoms with van der Waals surface area (Å²) < 4.78 is 24.4. The van der Waals surface area contributed by atoms with E-state index in [1.54, 1.807) is 35.5 Å². The predicted molar refractivity (Wildman–Crippen MR) is 129 cm³/mol. The lowest BCUT2D eigenvalue weighted by Gasteiger charge is -2.37. The van der Waals surface area contributed by atoms with Crippen LogP contribution in [0.3, 0.4) is 0 Å². The molecule has 8 heteroatoms. The molecule has 0 bridgehead atoms. The van der Waals surface area contributed by atoms with Crippen molar-refractivity contribution in [1.29, 1.82) is 0 Å². The molecule has 184 valence electrons. The first kappa shape index (κ1) is 24.7. The molecule has 0 unspecified atom stereocenters. The second-order valence-electron chi connectivity index (χ2n) is 9.00. The summed E-state index contributed by atoms with van der Waals surface area (Å²) in [5.74, 6) is 0.302. The third kappa shape index (κ3) is 5.96. The Morgan fingerprint density at radius 3 is 2.68 bits per heavy atom. The first-order valence-corrected chi connectivity index (χ1v) is 13.0. The van der Waals surface area contributed by atoms with Gasteiger partial charge in [0.15, 0.2) is 0 Å². The van der Waals surface area contributed by atoms with Crippen molar-refractivity contribution in [2.45, 2.75) is 44.6 Å². The van der Waals surface area contributed by atoms with E-state index in [0.717, 1.165) is 37.7 Å². The summed E-state index contributed by atoms with van der Waals surface area (Å²) in [5.41, 5.74) is 1.10. The van der Waals surface area contributed by atoms with Gasteiger partial charge in [0, 0.05) is 37.6 Å². The van der Waals surface area contributed by atoms with Gasteiger partial charge < -0.3 is 19.3 Å². The predicted octanol–water partition coefficient (Wildman–Crippen LogP) is 4.45. The molecule has 1 aliphatic heterocycles. The van der Waals surface area contributed by atoms with Gasteiger partial charge in [0.2, 0.25) is 11.8 Å². The van der Waals surface area contributed by atoms with Gasteiger partial charge in [0.05, 0.1) is 12.6 Å². The van der Waals surface area contributed by atoms with Crippen molar-refractivity contribution in [1.82, 2.24) is 9.80 Å². The molecule has 0 saturated heterocycles. The van der Waals surface area contributed by atoms with Crippen LogP contribution in [0.2, 0.25) is 0 Å². The van der Waals surface area contributed by atoms with E-state index >= 15 is 0 Å². The van der Waals surface area contributed by atoms with E-state index in [0.29, 0.717) is 31.9 Å². The molecule has 1 saturated carbocycles. The minimum Gasteiger partial charge on any atom is -0.491 e. The monoisotopic (exact) mass is 488 g/mol. The summed E-state index contributed by atoms with van der Waals surface area (Å²) in [7, 11) is 1.65. The van der Waals surface area contributed by atoms with Crippen LogP contribution in [0.5, 0.6) is 5.75 Å². The van der Waals surface area contributed by atoms with Crippen LogP contribution in [0.4, 0.5) is 4.39 Å². The molecular formula is C26H33FN2O4S. The number of fused-ring (bicyclic) bond motifs is 1. The Bertz CT molecular complexity index is 958. The van der Waals surface area contributed by atoms with Crippen LogP contribution in [0.1, 0.15) is 48.6 Å². The molecule has 1 aromatic carbocycles. The van der Waals surface area contributed by atoms with Gasteiger partial charge >= 0.3 is 0 Å². The average Bonchev–Trinajstić information content (AvgIpc) is 3.55. The number of rotatable bonds is 10. The molecule has 1 atom stereocenters. The zero-order valence-corrected chi connectivity index (χ0v) is 20.5. The van der Waals surface area contributed by atoms with Crippen molar-refractivity contribution in [2.24, 2.45) is 5.92 Å². The van der Waals surface area contributed by atoms with Gasteiger partial charge in [0.25, 0.3) is 0 Å². The maximum atomic E-state index is 13.6. The molecule has 0 N–H and O–H groups in total. The number of nitrogens with zero attached hydrogens (tertiary/aromatic N) is 2. The molecule has 1 fully saturated rings. The summed E-state index contributed by atoms with van der Waals surface area (Å²) in [6.45, 7) is 2.02. The second kappa shape index (κ2) is 11.8. The summed E-state index contributed by atoms with van der Waals surface area (Å²) in [4.78, 5) is 31.6. The van der Waals surface area contributed by atoms with Gasteiger partial charge in [-0.15, -0.1) is 11.3 Å². The molecule has 1 aliphatic carbocycles. The Hall–Kier alpha value is -2.45. The Labute approximate surface area is 204 Å². The largest absolute Gasteiger partial charge is 0.491 e. The van der Waals surface area contributed by atoms with Crippen molar-refractivity contribution in [3.05, 3.63) is 52.0 Å². The van der Waals surface area contributed by atoms with E-state index in [9.17, 15) is 14.0 Å². The zero-order valence-electron chi connectivity index (χ0n) is 19.7. The molecule has 2 amide bonds. The number of amides is 2. The molecule has 1 aromatic heterocycles. The number of halogens is 1. The Morgan fingerprint density at radius 1 is 1.18 bits per heavy atom. The molecule has 6 nitrogen and oxygen atoms in total. The molecule has 34 heavy (non-hydrogen) atoms. The third-order valence-electron chi connectivity index (χ3n) is 6.76. The fourth-order valence-electron chi connectivity index (χ4n) is 4.93. The van der Waals surface area contributed by atoms with Crippen molar-refractivity contribution in [2.75, 3.05) is 40.0 Å². The fraction of sp³-hybridized carbons (Fsp3) is 0.538. The molecular weight excluding hydrogens is 455 g/mol. The number of ether oxygens (including phenoxy) is 2. The van der Waals surface area contributed by atoms with E-state index in [1.807, 2.05) is 10.3 Å². The minimum absolute atomic E-state index is 0.0257. The van der Waals surface area contributed by atoms with Crippen molar-refractivity contribution in [3.8, 4) is 5.75 Å². The van der Waals surface area contributed by atoms with E-state index in [4.69, 9.17) is 9.47 Å². The molecule has 0 spiro atoms. The van der Waals surface area contributed by atoms with Crippen LogP contribution in [-0.2, 0) is 20.7 Å². The van der Waals surface area contributed by atoms with Crippen LogP contribution in [0.15, 0.2) is 35.7 Å². The highest BCUT2D eigenvalue weighted by molar-refractivity contribution is 7.10. The molecule has 4 rings (SSSR count). The zero-order chi connectivity index (χ0) is 23.9. The standard InChI is InChI=1S/C26H33FN2O4S/c1-32-15-4-13-28(26(31)19-5-2-3-6-19)17-25(30)29-14-11-24-22(12-16-34-24)23(29)18-33-21-9-7-20(27)8-10-21/h7-10,12,16,19,23H,2-6,11,13-15,17-18H2,1H3/t23-/m1/s1. The number of carbonyl (C=O) groups excluding carboxylic acids is 2. The van der Waals surface area contributed by atoms with Gasteiger partial charge in [-0.2, -0.15) is 0 Å². The summed E-state index contributed by atoms with van der Waals surface area (Å²) in [5, 5.41) is 2.05. The summed E-state index contributed by atoms with van der Waals surface area (Å²) in [6.07, 6.45) is 5.46. The maximum absolute atomic E-state index is 13.6. The molecule has 2 heterocycles. The Morgan fingerprint density at radius 2 is 1.94 bits per heavy atom. The highest BCUT2D eigenvalue weighted by Crippen LogP contribution is 2.34. The lowest BCUT2D eigenvalue weighted by Crippen LogP contribution is -2.49. The van der Waals surface area contributed by atoms with Crippen LogP contribution in [-0.4, -0.2) is 61.6 Å². The SMILES string of the molecule is COCCCN(CC(=O)N1CCc2sccc2[C@H]1COc1ccc(F)cc1)C(=O)C1CCCC1. The van der Waals surface area contributed by atoms with Gasteiger partial charge in [-0.3, -0.25) is 9.59 Å².